The molecule has 1 rings (SSSR count). The first kappa shape index (κ1) is 13.8. The average molecular weight is 300 g/mol. The summed E-state index contributed by atoms with van der Waals surface area (Å²) in [7, 11) is 0. The Morgan fingerprint density at radius 2 is 2.29 bits per heavy atom. The third-order valence-corrected chi connectivity index (χ3v) is 3.50. The highest BCUT2D eigenvalue weighted by Crippen LogP contribution is 2.21. The standard InChI is InChI=1S/C12H18BrN3O/c1-3-9(7-12(14)16-17)15-10-4-5-11(13)8(2)6-10/h4-6,9,15,17H,3,7H2,1-2H3,(H2,14,16). The number of anilines is 1. The van der Waals surface area contributed by atoms with Crippen LogP contribution in [0.4, 0.5) is 5.69 Å². The minimum atomic E-state index is 0.173. The summed E-state index contributed by atoms with van der Waals surface area (Å²) in [5.74, 6) is 0.248. The van der Waals surface area contributed by atoms with Crippen LogP contribution in [0.5, 0.6) is 0 Å². The van der Waals surface area contributed by atoms with Crippen molar-refractivity contribution in [2.75, 3.05) is 5.32 Å². The predicted octanol–water partition coefficient (Wildman–Crippen LogP) is 3.08. The molecule has 5 heteroatoms. The van der Waals surface area contributed by atoms with Gasteiger partial charge in [0.25, 0.3) is 0 Å². The molecule has 0 aliphatic carbocycles. The summed E-state index contributed by atoms with van der Waals surface area (Å²) in [5.41, 5.74) is 7.73. The van der Waals surface area contributed by atoms with E-state index in [2.05, 4.69) is 39.4 Å². The lowest BCUT2D eigenvalue weighted by molar-refractivity contribution is 0.316. The van der Waals surface area contributed by atoms with Crippen molar-refractivity contribution in [3.05, 3.63) is 28.2 Å². The molecule has 0 saturated carbocycles. The SMILES string of the molecule is CCC(CC(N)=NO)Nc1ccc(Br)c(C)c1. The molecule has 0 fully saturated rings. The molecule has 1 aromatic carbocycles. The number of hydrogen-bond donors (Lipinski definition) is 3. The van der Waals surface area contributed by atoms with Gasteiger partial charge in [0.2, 0.25) is 0 Å². The summed E-state index contributed by atoms with van der Waals surface area (Å²) in [4.78, 5) is 0. The van der Waals surface area contributed by atoms with E-state index in [9.17, 15) is 0 Å². The Morgan fingerprint density at radius 1 is 1.59 bits per heavy atom. The van der Waals surface area contributed by atoms with Gasteiger partial charge in [-0.05, 0) is 37.1 Å². The van der Waals surface area contributed by atoms with Crippen LogP contribution in [0.15, 0.2) is 27.8 Å². The highest BCUT2D eigenvalue weighted by atomic mass is 79.9. The first-order valence-corrected chi connectivity index (χ1v) is 6.35. The van der Waals surface area contributed by atoms with E-state index in [0.717, 1.165) is 16.6 Å². The van der Waals surface area contributed by atoms with E-state index in [1.54, 1.807) is 0 Å². The maximum Gasteiger partial charge on any atom is 0.141 e. The number of nitrogens with zero attached hydrogens (tertiary/aromatic N) is 1. The van der Waals surface area contributed by atoms with Crippen LogP contribution in [0.2, 0.25) is 0 Å². The van der Waals surface area contributed by atoms with Gasteiger partial charge >= 0.3 is 0 Å². The molecular formula is C12H18BrN3O. The Kier molecular flexibility index (Phi) is 5.28. The molecule has 0 bridgehead atoms. The summed E-state index contributed by atoms with van der Waals surface area (Å²) in [6.07, 6.45) is 1.44. The van der Waals surface area contributed by atoms with Crippen LogP contribution >= 0.6 is 15.9 Å². The summed E-state index contributed by atoms with van der Waals surface area (Å²) in [6.45, 7) is 4.10. The van der Waals surface area contributed by atoms with Gasteiger partial charge in [0.1, 0.15) is 5.84 Å². The van der Waals surface area contributed by atoms with E-state index in [0.29, 0.717) is 6.42 Å². The van der Waals surface area contributed by atoms with E-state index < -0.39 is 0 Å². The minimum absolute atomic E-state index is 0.173. The third kappa shape index (κ3) is 4.26. The van der Waals surface area contributed by atoms with Gasteiger partial charge in [0.15, 0.2) is 0 Å². The maximum absolute atomic E-state index is 8.55. The fourth-order valence-corrected chi connectivity index (χ4v) is 1.81. The second-order valence-electron chi connectivity index (χ2n) is 4.01. The Bertz CT molecular complexity index is 407. The Hall–Kier alpha value is -1.23. The maximum atomic E-state index is 8.55. The van der Waals surface area contributed by atoms with Crippen molar-refractivity contribution in [3.8, 4) is 0 Å². The van der Waals surface area contributed by atoms with Crippen molar-refractivity contribution in [1.82, 2.24) is 0 Å². The number of nitrogens with two attached hydrogens (primary N) is 1. The van der Waals surface area contributed by atoms with Crippen LogP contribution in [0.25, 0.3) is 0 Å². The zero-order valence-corrected chi connectivity index (χ0v) is 11.7. The molecule has 0 amide bonds. The zero-order valence-electron chi connectivity index (χ0n) is 10.1. The second-order valence-corrected chi connectivity index (χ2v) is 4.86. The van der Waals surface area contributed by atoms with Crippen LogP contribution in [-0.2, 0) is 0 Å². The van der Waals surface area contributed by atoms with Gasteiger partial charge in [0, 0.05) is 22.6 Å². The minimum Gasteiger partial charge on any atom is -0.409 e. The number of rotatable bonds is 5. The number of aryl methyl sites for hydroxylation is 1. The molecule has 0 aliphatic rings. The van der Waals surface area contributed by atoms with Crippen molar-refractivity contribution < 1.29 is 5.21 Å². The third-order valence-electron chi connectivity index (χ3n) is 2.61. The van der Waals surface area contributed by atoms with Gasteiger partial charge < -0.3 is 16.3 Å². The molecule has 0 radical (unpaired) electrons. The summed E-state index contributed by atoms with van der Waals surface area (Å²) in [5, 5.41) is 14.9. The molecule has 94 valence electrons. The molecular weight excluding hydrogens is 282 g/mol. The molecule has 4 nitrogen and oxygen atoms in total. The normalized spacial score (nSPS) is 13.5. The average Bonchev–Trinajstić information content (AvgIpc) is 2.32. The molecule has 0 aliphatic heterocycles. The Labute approximate surface area is 110 Å². The van der Waals surface area contributed by atoms with Gasteiger partial charge in [-0.1, -0.05) is 28.0 Å². The monoisotopic (exact) mass is 299 g/mol. The fraction of sp³-hybridized carbons (Fsp3) is 0.417. The lowest BCUT2D eigenvalue weighted by Gasteiger charge is -2.18. The topological polar surface area (TPSA) is 70.6 Å². The molecule has 0 saturated heterocycles. The number of halogens is 1. The molecule has 1 atom stereocenters. The number of hydrogen-bond acceptors (Lipinski definition) is 3. The predicted molar refractivity (Wildman–Crippen MR) is 74.6 cm³/mol. The molecule has 1 aromatic rings. The van der Waals surface area contributed by atoms with Crippen LogP contribution in [0.3, 0.4) is 0 Å². The first-order valence-electron chi connectivity index (χ1n) is 5.56. The number of oxime groups is 1. The molecule has 17 heavy (non-hydrogen) atoms. The largest absolute Gasteiger partial charge is 0.409 e. The van der Waals surface area contributed by atoms with Crippen LogP contribution in [0, 0.1) is 6.92 Å². The van der Waals surface area contributed by atoms with Crippen molar-refractivity contribution in [1.29, 1.82) is 0 Å². The van der Waals surface area contributed by atoms with E-state index in [4.69, 9.17) is 10.9 Å². The fourth-order valence-electron chi connectivity index (χ4n) is 1.56. The number of nitrogens with one attached hydrogen (secondary N) is 1. The number of amidine groups is 1. The Morgan fingerprint density at radius 3 is 2.82 bits per heavy atom. The van der Waals surface area contributed by atoms with Crippen molar-refractivity contribution in [2.45, 2.75) is 32.7 Å². The van der Waals surface area contributed by atoms with E-state index in [1.807, 2.05) is 19.1 Å². The van der Waals surface area contributed by atoms with Gasteiger partial charge in [0.05, 0.1) is 0 Å². The van der Waals surface area contributed by atoms with Crippen molar-refractivity contribution >= 4 is 27.5 Å². The second kappa shape index (κ2) is 6.49. The van der Waals surface area contributed by atoms with Gasteiger partial charge in [-0.2, -0.15) is 0 Å². The lowest BCUT2D eigenvalue weighted by Crippen LogP contribution is -2.26. The number of benzene rings is 1. The summed E-state index contributed by atoms with van der Waals surface area (Å²) in [6, 6.07) is 6.25. The molecule has 0 heterocycles. The Balaban J connectivity index is 2.70. The summed E-state index contributed by atoms with van der Waals surface area (Å²) >= 11 is 3.46. The molecule has 1 unspecified atom stereocenters. The highest BCUT2D eigenvalue weighted by molar-refractivity contribution is 9.10. The lowest BCUT2D eigenvalue weighted by atomic mass is 10.1. The van der Waals surface area contributed by atoms with Crippen molar-refractivity contribution in [3.63, 3.8) is 0 Å². The quantitative estimate of drug-likeness (QED) is 0.339. The van der Waals surface area contributed by atoms with E-state index >= 15 is 0 Å². The highest BCUT2D eigenvalue weighted by Gasteiger charge is 2.09. The first-order chi connectivity index (χ1) is 8.06. The summed E-state index contributed by atoms with van der Waals surface area (Å²) < 4.78 is 1.09. The van der Waals surface area contributed by atoms with Crippen LogP contribution < -0.4 is 11.1 Å². The van der Waals surface area contributed by atoms with Crippen LogP contribution in [-0.4, -0.2) is 17.1 Å². The zero-order chi connectivity index (χ0) is 12.8. The van der Waals surface area contributed by atoms with E-state index in [1.165, 1.54) is 5.56 Å². The molecule has 0 aromatic heterocycles. The van der Waals surface area contributed by atoms with Gasteiger partial charge in [-0.15, -0.1) is 0 Å². The van der Waals surface area contributed by atoms with Gasteiger partial charge in [-0.3, -0.25) is 0 Å². The van der Waals surface area contributed by atoms with Gasteiger partial charge in [-0.25, -0.2) is 0 Å². The molecule has 0 spiro atoms. The van der Waals surface area contributed by atoms with Crippen molar-refractivity contribution in [2.24, 2.45) is 10.9 Å². The smallest absolute Gasteiger partial charge is 0.141 e. The van der Waals surface area contributed by atoms with E-state index in [-0.39, 0.29) is 11.9 Å². The molecule has 4 N–H and O–H groups in total. The van der Waals surface area contributed by atoms with Crippen LogP contribution in [0.1, 0.15) is 25.3 Å².